The second-order valence-electron chi connectivity index (χ2n) is 6.07. The van der Waals surface area contributed by atoms with Gasteiger partial charge in [0.25, 0.3) is 0 Å². The molecule has 0 spiro atoms. The fraction of sp³-hybridized carbons (Fsp3) is 0.190. The maximum Gasteiger partial charge on any atom is 0.234 e. The number of carbonyl (C=O) groups excluding carboxylic acids is 1. The lowest BCUT2D eigenvalue weighted by Gasteiger charge is -2.07. The summed E-state index contributed by atoms with van der Waals surface area (Å²) < 4.78 is 5.17. The van der Waals surface area contributed by atoms with E-state index >= 15 is 0 Å². The van der Waals surface area contributed by atoms with Gasteiger partial charge < -0.3 is 10.1 Å². The Hall–Kier alpha value is -2.51. The first-order valence-electron chi connectivity index (χ1n) is 8.69. The monoisotopic (exact) mass is 411 g/mol. The van der Waals surface area contributed by atoms with E-state index in [0.717, 1.165) is 32.6 Å². The van der Waals surface area contributed by atoms with Crippen LogP contribution in [0.15, 0.2) is 69.5 Å². The van der Waals surface area contributed by atoms with Gasteiger partial charge in [-0.3, -0.25) is 4.79 Å². The summed E-state index contributed by atoms with van der Waals surface area (Å²) in [5, 5.41) is 3.53. The molecule has 144 valence electrons. The molecule has 0 bridgehead atoms. The van der Waals surface area contributed by atoms with E-state index in [0.29, 0.717) is 5.16 Å². The van der Waals surface area contributed by atoms with Crippen molar-refractivity contribution in [2.24, 2.45) is 0 Å². The predicted molar refractivity (Wildman–Crippen MR) is 114 cm³/mol. The van der Waals surface area contributed by atoms with E-state index in [1.54, 1.807) is 18.9 Å². The van der Waals surface area contributed by atoms with Crippen molar-refractivity contribution in [3.8, 4) is 5.75 Å². The number of methoxy groups -OCH3 is 1. The number of anilines is 1. The Morgan fingerprint density at radius 3 is 2.11 bits per heavy atom. The van der Waals surface area contributed by atoms with Crippen LogP contribution in [0.2, 0.25) is 0 Å². The molecule has 1 N–H and O–H groups in total. The lowest BCUT2D eigenvalue weighted by Crippen LogP contribution is -2.14. The second kappa shape index (κ2) is 9.61. The molecule has 1 aromatic heterocycles. The number of ether oxygens (including phenoxy) is 1. The van der Waals surface area contributed by atoms with E-state index in [4.69, 9.17) is 4.74 Å². The Bertz CT molecular complexity index is 925. The summed E-state index contributed by atoms with van der Waals surface area (Å²) in [5.41, 5.74) is 2.58. The van der Waals surface area contributed by atoms with Crippen molar-refractivity contribution in [2.45, 2.75) is 28.8 Å². The minimum atomic E-state index is -0.0803. The first kappa shape index (κ1) is 20.2. The summed E-state index contributed by atoms with van der Waals surface area (Å²) in [6, 6.07) is 17.6. The first-order valence-corrected chi connectivity index (χ1v) is 10.5. The van der Waals surface area contributed by atoms with Crippen molar-refractivity contribution in [2.75, 3.05) is 18.2 Å². The summed E-state index contributed by atoms with van der Waals surface area (Å²) in [6.07, 6.45) is 0. The van der Waals surface area contributed by atoms with Crippen molar-refractivity contribution < 1.29 is 9.53 Å². The summed E-state index contributed by atoms with van der Waals surface area (Å²) in [5.74, 6) is 1.03. The molecule has 0 saturated heterocycles. The lowest BCUT2D eigenvalue weighted by molar-refractivity contribution is -0.113. The molecule has 0 fully saturated rings. The quantitative estimate of drug-likeness (QED) is 0.437. The molecule has 3 rings (SSSR count). The normalized spacial score (nSPS) is 10.5. The number of rotatable bonds is 7. The fourth-order valence-corrected chi connectivity index (χ4v) is 4.04. The number of aromatic nitrogens is 2. The van der Waals surface area contributed by atoms with Crippen LogP contribution in [0.25, 0.3) is 0 Å². The highest BCUT2D eigenvalue weighted by molar-refractivity contribution is 7.99. The SMILES string of the molecule is COc1ccc(Sc2ccc(NC(=O)CSc3nc(C)cc(C)n3)cc2)cc1. The van der Waals surface area contributed by atoms with Gasteiger partial charge in [-0.25, -0.2) is 9.97 Å². The third-order valence-corrected chi connectivity index (χ3v) is 5.59. The Morgan fingerprint density at radius 1 is 0.964 bits per heavy atom. The van der Waals surface area contributed by atoms with Gasteiger partial charge in [0, 0.05) is 26.9 Å². The van der Waals surface area contributed by atoms with Crippen molar-refractivity contribution >= 4 is 35.1 Å². The molecule has 0 aliphatic carbocycles. The number of benzene rings is 2. The summed E-state index contributed by atoms with van der Waals surface area (Å²) >= 11 is 2.99. The Morgan fingerprint density at radius 2 is 1.54 bits per heavy atom. The summed E-state index contributed by atoms with van der Waals surface area (Å²) in [7, 11) is 1.66. The highest BCUT2D eigenvalue weighted by Crippen LogP contribution is 2.29. The Balaban J connectivity index is 1.52. The van der Waals surface area contributed by atoms with Crippen molar-refractivity contribution in [3.63, 3.8) is 0 Å². The number of amides is 1. The molecular weight excluding hydrogens is 390 g/mol. The standard InChI is InChI=1S/C21H21N3O2S2/c1-14-12-15(2)23-21(22-14)27-13-20(25)24-16-4-8-18(9-5-16)28-19-10-6-17(26-3)7-11-19/h4-12H,13H2,1-3H3,(H,24,25). The highest BCUT2D eigenvalue weighted by Gasteiger charge is 2.07. The molecule has 0 saturated carbocycles. The molecule has 0 atom stereocenters. The maximum atomic E-state index is 12.2. The van der Waals surface area contributed by atoms with Crippen LogP contribution < -0.4 is 10.1 Å². The minimum Gasteiger partial charge on any atom is -0.497 e. The van der Waals surface area contributed by atoms with Gasteiger partial charge in [0.1, 0.15) is 5.75 Å². The Kier molecular flexibility index (Phi) is 6.95. The van der Waals surface area contributed by atoms with Crippen LogP contribution in [-0.2, 0) is 4.79 Å². The van der Waals surface area contributed by atoms with Crippen molar-refractivity contribution in [1.29, 1.82) is 0 Å². The fourth-order valence-electron chi connectivity index (χ4n) is 2.47. The van der Waals surface area contributed by atoms with E-state index in [2.05, 4.69) is 15.3 Å². The van der Waals surface area contributed by atoms with Gasteiger partial charge in [0.2, 0.25) is 5.91 Å². The van der Waals surface area contributed by atoms with Gasteiger partial charge in [-0.05, 0) is 68.4 Å². The van der Waals surface area contributed by atoms with Crippen LogP contribution >= 0.6 is 23.5 Å². The van der Waals surface area contributed by atoms with Gasteiger partial charge >= 0.3 is 0 Å². The van der Waals surface area contributed by atoms with Gasteiger partial charge in [-0.1, -0.05) is 23.5 Å². The zero-order chi connectivity index (χ0) is 19.9. The topological polar surface area (TPSA) is 64.1 Å². The van der Waals surface area contributed by atoms with Crippen LogP contribution in [0.5, 0.6) is 5.75 Å². The largest absolute Gasteiger partial charge is 0.497 e. The molecule has 0 aliphatic rings. The van der Waals surface area contributed by atoms with Crippen LogP contribution in [-0.4, -0.2) is 28.7 Å². The van der Waals surface area contributed by atoms with Gasteiger partial charge in [0.05, 0.1) is 12.9 Å². The average molecular weight is 412 g/mol. The zero-order valence-corrected chi connectivity index (χ0v) is 17.6. The molecule has 1 amide bonds. The van der Waals surface area contributed by atoms with Gasteiger partial charge in [-0.15, -0.1) is 0 Å². The number of hydrogen-bond acceptors (Lipinski definition) is 6. The van der Waals surface area contributed by atoms with Crippen molar-refractivity contribution in [3.05, 3.63) is 66.0 Å². The zero-order valence-electron chi connectivity index (χ0n) is 15.9. The van der Waals surface area contributed by atoms with E-state index in [1.165, 1.54) is 11.8 Å². The van der Waals surface area contributed by atoms with Crippen molar-refractivity contribution in [1.82, 2.24) is 9.97 Å². The molecular formula is C21H21N3O2S2. The molecule has 3 aromatic rings. The molecule has 0 radical (unpaired) electrons. The summed E-state index contributed by atoms with van der Waals surface area (Å²) in [4.78, 5) is 23.1. The number of nitrogens with one attached hydrogen (secondary N) is 1. The van der Waals surface area contributed by atoms with Crippen LogP contribution in [0.1, 0.15) is 11.4 Å². The second-order valence-corrected chi connectivity index (χ2v) is 8.16. The number of aryl methyl sites for hydroxylation is 2. The third kappa shape index (κ3) is 6.00. The minimum absolute atomic E-state index is 0.0803. The lowest BCUT2D eigenvalue weighted by atomic mass is 10.3. The number of carbonyl (C=O) groups is 1. The molecule has 5 nitrogen and oxygen atoms in total. The highest BCUT2D eigenvalue weighted by atomic mass is 32.2. The Labute approximate surface area is 173 Å². The number of thioether (sulfide) groups is 1. The van der Waals surface area contributed by atoms with E-state index in [9.17, 15) is 4.79 Å². The molecule has 0 aliphatic heterocycles. The van der Waals surface area contributed by atoms with Gasteiger partial charge in [0.15, 0.2) is 5.16 Å². The maximum absolute atomic E-state index is 12.2. The van der Waals surface area contributed by atoms with E-state index in [1.807, 2.05) is 68.4 Å². The van der Waals surface area contributed by atoms with Crippen LogP contribution in [0.3, 0.4) is 0 Å². The van der Waals surface area contributed by atoms with Crippen LogP contribution in [0.4, 0.5) is 5.69 Å². The molecule has 28 heavy (non-hydrogen) atoms. The van der Waals surface area contributed by atoms with Gasteiger partial charge in [-0.2, -0.15) is 0 Å². The third-order valence-electron chi connectivity index (χ3n) is 3.73. The van der Waals surface area contributed by atoms with Crippen LogP contribution in [0, 0.1) is 13.8 Å². The molecule has 2 aromatic carbocycles. The molecule has 1 heterocycles. The smallest absolute Gasteiger partial charge is 0.234 e. The first-order chi connectivity index (χ1) is 13.5. The molecule has 7 heteroatoms. The predicted octanol–water partition coefficient (Wildman–Crippen LogP) is 4.98. The summed E-state index contributed by atoms with van der Waals surface area (Å²) in [6.45, 7) is 3.84. The molecule has 0 unspecified atom stereocenters. The van der Waals surface area contributed by atoms with E-state index in [-0.39, 0.29) is 11.7 Å². The average Bonchev–Trinajstić information content (AvgIpc) is 2.68. The number of hydrogen-bond donors (Lipinski definition) is 1. The number of nitrogens with zero attached hydrogens (tertiary/aromatic N) is 2. The van der Waals surface area contributed by atoms with E-state index < -0.39 is 0 Å².